The van der Waals surface area contributed by atoms with Crippen molar-refractivity contribution in [2.75, 3.05) is 32.7 Å². The van der Waals surface area contributed by atoms with E-state index in [1.165, 1.54) is 27.7 Å². The van der Waals surface area contributed by atoms with E-state index in [0.29, 0.717) is 0 Å². The molecular formula is C23H28ClN3. The van der Waals surface area contributed by atoms with Crippen LogP contribution in [0.4, 0.5) is 0 Å². The first-order valence-corrected chi connectivity index (χ1v) is 10.4. The molecule has 2 aromatic carbocycles. The van der Waals surface area contributed by atoms with Gasteiger partial charge in [-0.1, -0.05) is 55.8 Å². The van der Waals surface area contributed by atoms with Crippen molar-refractivity contribution in [2.45, 2.75) is 26.9 Å². The number of benzene rings is 2. The molecule has 0 saturated carbocycles. The van der Waals surface area contributed by atoms with E-state index in [2.05, 4.69) is 70.7 Å². The average molecular weight is 382 g/mol. The summed E-state index contributed by atoms with van der Waals surface area (Å²) in [5.74, 6) is 0. The Hall–Kier alpha value is -1.81. The zero-order chi connectivity index (χ0) is 18.8. The molecule has 1 aromatic heterocycles. The smallest absolute Gasteiger partial charge is 0.0490 e. The van der Waals surface area contributed by atoms with Gasteiger partial charge in [-0.2, -0.15) is 0 Å². The van der Waals surface area contributed by atoms with Gasteiger partial charge in [-0.3, -0.25) is 4.90 Å². The van der Waals surface area contributed by atoms with Gasteiger partial charge >= 0.3 is 0 Å². The van der Waals surface area contributed by atoms with Gasteiger partial charge in [-0.15, -0.1) is 0 Å². The van der Waals surface area contributed by atoms with Gasteiger partial charge in [0.1, 0.15) is 0 Å². The first kappa shape index (κ1) is 18.5. The van der Waals surface area contributed by atoms with E-state index in [9.17, 15) is 0 Å². The Labute approximate surface area is 167 Å². The summed E-state index contributed by atoms with van der Waals surface area (Å²) in [4.78, 5) is 5.10. The third kappa shape index (κ3) is 3.64. The molecule has 4 rings (SSSR count). The highest BCUT2D eigenvalue weighted by Gasteiger charge is 2.24. The molecule has 0 N–H and O–H groups in total. The van der Waals surface area contributed by atoms with Gasteiger partial charge < -0.3 is 9.47 Å². The molecular weight excluding hydrogens is 354 g/mol. The van der Waals surface area contributed by atoms with E-state index >= 15 is 0 Å². The number of rotatable bonds is 6. The molecule has 1 aliphatic heterocycles. The van der Waals surface area contributed by atoms with E-state index in [0.717, 1.165) is 50.8 Å². The molecule has 4 heteroatoms. The molecule has 0 unspecified atom stereocenters. The number of likely N-dealkylation sites (N-methyl/N-ethyl adjacent to an activating group) is 1. The van der Waals surface area contributed by atoms with Crippen molar-refractivity contribution in [3.05, 3.63) is 59.2 Å². The van der Waals surface area contributed by atoms with E-state index in [1.54, 1.807) is 0 Å². The highest BCUT2D eigenvalue weighted by atomic mass is 35.5. The van der Waals surface area contributed by atoms with E-state index < -0.39 is 0 Å². The van der Waals surface area contributed by atoms with E-state index in [1.807, 2.05) is 6.07 Å². The van der Waals surface area contributed by atoms with Crippen LogP contribution in [-0.2, 0) is 13.1 Å². The summed E-state index contributed by atoms with van der Waals surface area (Å²) >= 11 is 6.36. The summed E-state index contributed by atoms with van der Waals surface area (Å²) in [6, 6.07) is 17.1. The quantitative estimate of drug-likeness (QED) is 0.587. The van der Waals surface area contributed by atoms with E-state index in [-0.39, 0.29) is 0 Å². The summed E-state index contributed by atoms with van der Waals surface area (Å²) < 4.78 is 2.50. The summed E-state index contributed by atoms with van der Waals surface area (Å²) in [6.45, 7) is 12.1. The molecule has 0 spiro atoms. The van der Waals surface area contributed by atoms with Crippen LogP contribution in [0.1, 0.15) is 19.5 Å². The van der Waals surface area contributed by atoms with Gasteiger partial charge in [-0.05, 0) is 36.9 Å². The predicted octanol–water partition coefficient (Wildman–Crippen LogP) is 5.12. The Morgan fingerprint density at radius 2 is 1.78 bits per heavy atom. The summed E-state index contributed by atoms with van der Waals surface area (Å²) in [6.07, 6.45) is 0. The standard InChI is InChI=1S/C23H28ClN3/c1-3-25(4-2)12-13-26-14-15-27-21-11-10-19(24)16-20(21)23(22(27)17-26)18-8-6-5-7-9-18/h5-11,16H,3-4,12-15,17H2,1-2H3. The molecule has 0 aliphatic carbocycles. The van der Waals surface area contributed by atoms with Crippen molar-refractivity contribution >= 4 is 22.5 Å². The van der Waals surface area contributed by atoms with E-state index in [4.69, 9.17) is 11.6 Å². The number of hydrogen-bond donors (Lipinski definition) is 0. The Kier molecular flexibility index (Phi) is 5.53. The minimum Gasteiger partial charge on any atom is -0.341 e. The minimum atomic E-state index is 0.806. The Bertz CT molecular complexity index is 912. The fourth-order valence-electron chi connectivity index (χ4n) is 4.27. The molecule has 0 saturated heterocycles. The van der Waals surface area contributed by atoms with Crippen LogP contribution in [-0.4, -0.2) is 47.1 Å². The van der Waals surface area contributed by atoms with Gasteiger partial charge in [0.2, 0.25) is 0 Å². The molecule has 142 valence electrons. The fraction of sp³-hybridized carbons (Fsp3) is 0.391. The van der Waals surface area contributed by atoms with Crippen LogP contribution in [0.15, 0.2) is 48.5 Å². The van der Waals surface area contributed by atoms with Crippen LogP contribution in [0.25, 0.3) is 22.0 Å². The first-order chi connectivity index (χ1) is 13.2. The van der Waals surface area contributed by atoms with Gasteiger partial charge in [-0.25, -0.2) is 0 Å². The van der Waals surface area contributed by atoms with Crippen LogP contribution >= 0.6 is 11.6 Å². The molecule has 2 heterocycles. The summed E-state index contributed by atoms with van der Waals surface area (Å²) in [5.41, 5.74) is 5.35. The maximum absolute atomic E-state index is 6.36. The SMILES string of the molecule is CCN(CC)CCN1CCn2c(c(-c3ccccc3)c3cc(Cl)ccc32)C1. The van der Waals surface area contributed by atoms with Crippen molar-refractivity contribution in [2.24, 2.45) is 0 Å². The molecule has 0 bridgehead atoms. The third-order valence-electron chi connectivity index (χ3n) is 5.84. The van der Waals surface area contributed by atoms with Crippen molar-refractivity contribution in [3.8, 4) is 11.1 Å². The second-order valence-electron chi connectivity index (χ2n) is 7.30. The van der Waals surface area contributed by atoms with Crippen molar-refractivity contribution in [3.63, 3.8) is 0 Å². The number of nitrogens with zero attached hydrogens (tertiary/aromatic N) is 3. The topological polar surface area (TPSA) is 11.4 Å². The molecule has 27 heavy (non-hydrogen) atoms. The Morgan fingerprint density at radius 1 is 1.00 bits per heavy atom. The van der Waals surface area contributed by atoms with Crippen LogP contribution in [0.3, 0.4) is 0 Å². The minimum absolute atomic E-state index is 0.806. The van der Waals surface area contributed by atoms with Crippen LogP contribution in [0.2, 0.25) is 5.02 Å². The Morgan fingerprint density at radius 3 is 2.52 bits per heavy atom. The first-order valence-electron chi connectivity index (χ1n) is 10.0. The lowest BCUT2D eigenvalue weighted by molar-refractivity contribution is 0.184. The lowest BCUT2D eigenvalue weighted by Gasteiger charge is -2.31. The number of hydrogen-bond acceptors (Lipinski definition) is 2. The second kappa shape index (κ2) is 8.05. The molecule has 0 atom stereocenters. The van der Waals surface area contributed by atoms with Crippen molar-refractivity contribution < 1.29 is 0 Å². The van der Waals surface area contributed by atoms with Crippen molar-refractivity contribution in [1.82, 2.24) is 14.4 Å². The number of fused-ring (bicyclic) bond motifs is 3. The fourth-order valence-corrected chi connectivity index (χ4v) is 4.44. The monoisotopic (exact) mass is 381 g/mol. The average Bonchev–Trinajstić information content (AvgIpc) is 3.02. The highest BCUT2D eigenvalue weighted by molar-refractivity contribution is 6.31. The van der Waals surface area contributed by atoms with Crippen molar-refractivity contribution in [1.29, 1.82) is 0 Å². The normalized spacial score (nSPS) is 14.8. The number of halogens is 1. The van der Waals surface area contributed by atoms with Crippen LogP contribution in [0, 0.1) is 0 Å². The third-order valence-corrected chi connectivity index (χ3v) is 6.07. The number of aromatic nitrogens is 1. The molecule has 0 amide bonds. The zero-order valence-electron chi connectivity index (χ0n) is 16.3. The highest BCUT2D eigenvalue weighted by Crippen LogP contribution is 2.38. The summed E-state index contributed by atoms with van der Waals surface area (Å²) in [7, 11) is 0. The van der Waals surface area contributed by atoms with Gasteiger partial charge in [0.15, 0.2) is 0 Å². The molecule has 3 nitrogen and oxygen atoms in total. The second-order valence-corrected chi connectivity index (χ2v) is 7.74. The van der Waals surface area contributed by atoms with Crippen LogP contribution in [0.5, 0.6) is 0 Å². The maximum Gasteiger partial charge on any atom is 0.0490 e. The van der Waals surface area contributed by atoms with Gasteiger partial charge in [0.05, 0.1) is 0 Å². The molecule has 0 radical (unpaired) electrons. The molecule has 1 aliphatic rings. The maximum atomic E-state index is 6.36. The lowest BCUT2D eigenvalue weighted by atomic mass is 10.0. The van der Waals surface area contributed by atoms with Gasteiger partial charge in [0.25, 0.3) is 0 Å². The largest absolute Gasteiger partial charge is 0.341 e. The molecule has 3 aromatic rings. The summed E-state index contributed by atoms with van der Waals surface area (Å²) in [5, 5.41) is 2.08. The Balaban J connectivity index is 1.72. The van der Waals surface area contributed by atoms with Gasteiger partial charge in [0, 0.05) is 59.9 Å². The van der Waals surface area contributed by atoms with Crippen LogP contribution < -0.4 is 0 Å². The predicted molar refractivity (Wildman–Crippen MR) is 115 cm³/mol. The molecule has 0 fully saturated rings. The zero-order valence-corrected chi connectivity index (χ0v) is 17.0. The lowest BCUT2D eigenvalue weighted by Crippen LogP contribution is -2.39.